The van der Waals surface area contributed by atoms with Crippen LogP contribution in [0.1, 0.15) is 212 Å². The molecular weight excluding hydrogens is 832 g/mol. The lowest BCUT2D eigenvalue weighted by molar-refractivity contribution is -0.303. The van der Waals surface area contributed by atoms with Crippen LogP contribution in [0.4, 0.5) is 0 Å². The maximum atomic E-state index is 13.0. The van der Waals surface area contributed by atoms with Crippen LogP contribution < -0.4 is 10.6 Å². The molecule has 60 heavy (non-hydrogen) atoms. The minimum atomic E-state index is -1.62. The van der Waals surface area contributed by atoms with Crippen molar-refractivity contribution in [2.45, 2.75) is 261 Å². The van der Waals surface area contributed by atoms with Crippen LogP contribution in [0.2, 0.25) is 0 Å². The molecule has 0 spiro atoms. The van der Waals surface area contributed by atoms with E-state index in [0.29, 0.717) is 19.3 Å². The van der Waals surface area contributed by atoms with Gasteiger partial charge in [0, 0.05) is 24.7 Å². The van der Waals surface area contributed by atoms with E-state index in [1.165, 1.54) is 89.9 Å². The molecule has 1 rings (SSSR count). The predicted octanol–water partition coefficient (Wildman–Crippen LogP) is 8.02. The highest BCUT2D eigenvalue weighted by Crippen LogP contribution is 2.23. The van der Waals surface area contributed by atoms with Crippen LogP contribution in [-0.4, -0.2) is 116 Å². The topological polar surface area (TPSA) is 198 Å². The number of alkyl halides is 1. The van der Waals surface area contributed by atoms with Gasteiger partial charge < -0.3 is 50.7 Å². The number of unbranched alkanes of at least 4 members (excludes halogenated alkanes) is 26. The first-order valence-corrected chi connectivity index (χ1v) is 25.7. The number of rotatable bonds is 42. The largest absolute Gasteiger partial charge is 0.394 e. The molecule has 13 heteroatoms. The zero-order valence-electron chi connectivity index (χ0n) is 37.8. The maximum Gasteiger partial charge on any atom is 0.220 e. The molecule has 1 saturated heterocycles. The van der Waals surface area contributed by atoms with Gasteiger partial charge in [0.2, 0.25) is 11.8 Å². The number of nitrogens with one attached hydrogen (secondary N) is 2. The summed E-state index contributed by atoms with van der Waals surface area (Å²) in [6.07, 6.45) is 24.7. The number of carbonyl (C=O) groups is 2. The Kier molecular flexibility index (Phi) is 37.8. The molecular formula is C47H91BrN2O10. The molecule has 12 nitrogen and oxygen atoms in total. The third-order valence-electron chi connectivity index (χ3n) is 12.0. The van der Waals surface area contributed by atoms with E-state index in [2.05, 4.69) is 33.5 Å². The van der Waals surface area contributed by atoms with Crippen molar-refractivity contribution in [3.8, 4) is 0 Å². The van der Waals surface area contributed by atoms with Crippen molar-refractivity contribution < 1.29 is 49.7 Å². The summed E-state index contributed by atoms with van der Waals surface area (Å²) in [4.78, 5) is 25.1. The van der Waals surface area contributed by atoms with Gasteiger partial charge >= 0.3 is 0 Å². The molecule has 2 amide bonds. The molecule has 0 aromatic heterocycles. The van der Waals surface area contributed by atoms with Crippen molar-refractivity contribution in [2.75, 3.05) is 25.1 Å². The molecule has 0 unspecified atom stereocenters. The zero-order chi connectivity index (χ0) is 44.1. The monoisotopic (exact) mass is 923 g/mol. The molecule has 1 aliphatic rings. The molecule has 0 aliphatic carbocycles. The first-order valence-electron chi connectivity index (χ1n) is 24.6. The fourth-order valence-corrected chi connectivity index (χ4v) is 8.34. The van der Waals surface area contributed by atoms with Gasteiger partial charge in [-0.05, 0) is 32.1 Å². The van der Waals surface area contributed by atoms with Crippen LogP contribution in [0.25, 0.3) is 0 Å². The van der Waals surface area contributed by atoms with E-state index >= 15 is 0 Å². The van der Waals surface area contributed by atoms with Crippen LogP contribution in [0.3, 0.4) is 0 Å². The first-order chi connectivity index (χ1) is 29.2. The average molecular weight is 924 g/mol. The Balaban J connectivity index is 2.31. The average Bonchev–Trinajstić information content (AvgIpc) is 3.24. The predicted molar refractivity (Wildman–Crippen MR) is 244 cm³/mol. The normalized spacial score (nSPS) is 20.8. The summed E-state index contributed by atoms with van der Waals surface area (Å²) >= 11 is 3.48. The van der Waals surface area contributed by atoms with Gasteiger partial charge in [0.25, 0.3) is 0 Å². The standard InChI is InChI=1S/C47H91BrN2O10/c1-2-3-4-5-6-7-8-9-11-16-21-26-31-39(52)43(55)38(37-59-47-46(58)45(57)44(56)40(36-51)60-47)50-42(54)33-28-23-18-12-10-15-20-25-30-35-49-41(53)32-27-22-17-13-14-19-24-29-34-48/h38-40,43-47,51-52,55-58H,2-37H2,1H3,(H,49,53)(H,50,54)/t38-,39+,40+,43-,44-,45-,46+,47-/m0/s1. The summed E-state index contributed by atoms with van der Waals surface area (Å²) in [6, 6.07) is -1.01. The number of carbonyl (C=O) groups excluding carboxylic acids is 2. The van der Waals surface area contributed by atoms with E-state index in [0.717, 1.165) is 102 Å². The van der Waals surface area contributed by atoms with Crippen LogP contribution in [0.15, 0.2) is 0 Å². The van der Waals surface area contributed by atoms with Crippen molar-refractivity contribution in [1.29, 1.82) is 0 Å². The molecule has 0 bridgehead atoms. The SMILES string of the molecule is CCCCCCCCCCCCCC[C@@H](O)[C@@H](O)[C@H](CO[C@H]1O[C@H](CO)[C@H](O)[C@H](O)[C@H]1O)NC(=O)CCCCCCCCCCCNC(=O)CCCCCCCCCCBr. The van der Waals surface area contributed by atoms with Gasteiger partial charge in [0.05, 0.1) is 25.4 Å². The Morgan fingerprint density at radius 2 is 1.05 bits per heavy atom. The van der Waals surface area contributed by atoms with Crippen LogP contribution >= 0.6 is 15.9 Å². The van der Waals surface area contributed by atoms with Gasteiger partial charge in [-0.1, -0.05) is 183 Å². The highest BCUT2D eigenvalue weighted by Gasteiger charge is 2.44. The molecule has 356 valence electrons. The minimum absolute atomic E-state index is 0.178. The van der Waals surface area contributed by atoms with Crippen LogP contribution in [0, 0.1) is 0 Å². The summed E-state index contributed by atoms with van der Waals surface area (Å²) in [5.74, 6) is -0.107. The van der Waals surface area contributed by atoms with Crippen molar-refractivity contribution in [3.63, 3.8) is 0 Å². The second-order valence-corrected chi connectivity index (χ2v) is 18.3. The lowest BCUT2D eigenvalue weighted by Crippen LogP contribution is -2.60. The lowest BCUT2D eigenvalue weighted by atomic mass is 9.98. The second kappa shape index (κ2) is 39.7. The van der Waals surface area contributed by atoms with E-state index in [9.17, 15) is 40.2 Å². The molecule has 0 saturated carbocycles. The van der Waals surface area contributed by atoms with Crippen molar-refractivity contribution in [3.05, 3.63) is 0 Å². The van der Waals surface area contributed by atoms with Crippen molar-refractivity contribution >= 4 is 27.7 Å². The smallest absolute Gasteiger partial charge is 0.220 e. The van der Waals surface area contributed by atoms with E-state index in [1.807, 2.05) is 0 Å². The molecule has 0 aromatic rings. The molecule has 1 fully saturated rings. The Bertz CT molecular complexity index is 998. The van der Waals surface area contributed by atoms with Gasteiger partial charge in [0.15, 0.2) is 6.29 Å². The summed E-state index contributed by atoms with van der Waals surface area (Å²) < 4.78 is 11.1. The Hall–Kier alpha value is -0.900. The second-order valence-electron chi connectivity index (χ2n) is 17.5. The van der Waals surface area contributed by atoms with Crippen molar-refractivity contribution in [2.24, 2.45) is 0 Å². The Morgan fingerprint density at radius 1 is 0.600 bits per heavy atom. The number of amides is 2. The van der Waals surface area contributed by atoms with Gasteiger partial charge in [-0.15, -0.1) is 0 Å². The van der Waals surface area contributed by atoms with Crippen LogP contribution in [0.5, 0.6) is 0 Å². The fraction of sp³-hybridized carbons (Fsp3) is 0.957. The van der Waals surface area contributed by atoms with Gasteiger partial charge in [-0.2, -0.15) is 0 Å². The third kappa shape index (κ3) is 29.5. The van der Waals surface area contributed by atoms with E-state index < -0.39 is 55.6 Å². The highest BCUT2D eigenvalue weighted by molar-refractivity contribution is 9.09. The number of hydrogen-bond acceptors (Lipinski definition) is 10. The molecule has 0 radical (unpaired) electrons. The summed E-state index contributed by atoms with van der Waals surface area (Å²) in [5, 5.41) is 69.3. The first kappa shape index (κ1) is 57.1. The van der Waals surface area contributed by atoms with Crippen molar-refractivity contribution in [1.82, 2.24) is 10.6 Å². The molecule has 1 heterocycles. The number of halogens is 1. The summed E-state index contributed by atoms with van der Waals surface area (Å²) in [7, 11) is 0. The molecule has 8 atom stereocenters. The third-order valence-corrected chi connectivity index (χ3v) is 12.5. The molecule has 1 aliphatic heterocycles. The number of ether oxygens (including phenoxy) is 2. The van der Waals surface area contributed by atoms with Gasteiger partial charge in [-0.3, -0.25) is 9.59 Å². The number of hydrogen-bond donors (Lipinski definition) is 8. The maximum absolute atomic E-state index is 13.0. The molecule has 8 N–H and O–H groups in total. The Morgan fingerprint density at radius 3 is 1.55 bits per heavy atom. The summed E-state index contributed by atoms with van der Waals surface area (Å²) in [5.41, 5.74) is 0. The summed E-state index contributed by atoms with van der Waals surface area (Å²) in [6.45, 7) is 2.06. The highest BCUT2D eigenvalue weighted by atomic mass is 79.9. The Labute approximate surface area is 373 Å². The van der Waals surface area contributed by atoms with Gasteiger partial charge in [0.1, 0.15) is 30.5 Å². The van der Waals surface area contributed by atoms with E-state index in [-0.39, 0.29) is 24.8 Å². The minimum Gasteiger partial charge on any atom is -0.394 e. The zero-order valence-corrected chi connectivity index (χ0v) is 39.4. The number of aliphatic hydroxyl groups excluding tert-OH is 6. The van der Waals surface area contributed by atoms with Gasteiger partial charge in [-0.25, -0.2) is 0 Å². The van der Waals surface area contributed by atoms with E-state index in [1.54, 1.807) is 0 Å². The number of aliphatic hydroxyl groups is 6. The lowest BCUT2D eigenvalue weighted by Gasteiger charge is -2.40. The molecule has 0 aromatic carbocycles. The van der Waals surface area contributed by atoms with Crippen LogP contribution in [-0.2, 0) is 19.1 Å². The fourth-order valence-electron chi connectivity index (χ4n) is 7.95. The quantitative estimate of drug-likeness (QED) is 0.0219. The van der Waals surface area contributed by atoms with E-state index in [4.69, 9.17) is 9.47 Å².